The molecule has 0 heterocycles. The molecule has 0 unspecified atom stereocenters. The van der Waals surface area contributed by atoms with Crippen molar-refractivity contribution in [1.29, 1.82) is 0 Å². The summed E-state index contributed by atoms with van der Waals surface area (Å²) in [6.45, 7) is 3.37. The Labute approximate surface area is 119 Å². The maximum atomic E-state index is 12.2. The number of amides is 2. The zero-order valence-electron chi connectivity index (χ0n) is 12.2. The van der Waals surface area contributed by atoms with E-state index in [4.69, 9.17) is 0 Å². The lowest BCUT2D eigenvalue weighted by Gasteiger charge is -2.23. The molecule has 0 spiro atoms. The lowest BCUT2D eigenvalue weighted by atomic mass is 9.95. The first-order valence-corrected chi connectivity index (χ1v) is 7.25. The fourth-order valence-electron chi connectivity index (χ4n) is 2.65. The highest BCUT2D eigenvalue weighted by atomic mass is 16.2. The van der Waals surface area contributed by atoms with Crippen LogP contribution in [-0.2, 0) is 4.79 Å². The van der Waals surface area contributed by atoms with Gasteiger partial charge < -0.3 is 10.6 Å². The van der Waals surface area contributed by atoms with E-state index in [0.717, 1.165) is 24.1 Å². The van der Waals surface area contributed by atoms with Crippen molar-refractivity contribution in [3.63, 3.8) is 0 Å². The molecule has 1 aromatic carbocycles. The third kappa shape index (κ3) is 3.83. The largest absolute Gasteiger partial charge is 0.349 e. The molecule has 2 rings (SSSR count). The molecule has 4 heteroatoms. The second-order valence-electron chi connectivity index (χ2n) is 5.52. The van der Waals surface area contributed by atoms with Gasteiger partial charge >= 0.3 is 0 Å². The normalized spacial score (nSPS) is 15.7. The second-order valence-corrected chi connectivity index (χ2v) is 5.52. The molecule has 1 aliphatic carbocycles. The third-order valence-electron chi connectivity index (χ3n) is 3.74. The Morgan fingerprint density at radius 3 is 2.45 bits per heavy atom. The van der Waals surface area contributed by atoms with E-state index in [1.807, 2.05) is 13.0 Å². The molecule has 1 fully saturated rings. The molecule has 0 aliphatic heterocycles. The molecule has 2 N–H and O–H groups in total. The first-order valence-electron chi connectivity index (χ1n) is 7.25. The quantitative estimate of drug-likeness (QED) is 0.890. The standard InChI is InChI=1S/C16H22N2O2/c1-11-10-13(8-9-15(11)17-12(2)19)16(20)18-14-6-4-3-5-7-14/h8-10,14H,3-7H2,1-2H3,(H,17,19)(H,18,20). The number of carbonyl (C=O) groups is 2. The van der Waals surface area contributed by atoms with Gasteiger partial charge in [0.2, 0.25) is 5.91 Å². The number of carbonyl (C=O) groups excluding carboxylic acids is 2. The zero-order chi connectivity index (χ0) is 14.5. The molecule has 0 atom stereocenters. The van der Waals surface area contributed by atoms with Crippen LogP contribution in [0.4, 0.5) is 5.69 Å². The fraction of sp³-hybridized carbons (Fsp3) is 0.500. The van der Waals surface area contributed by atoms with E-state index in [9.17, 15) is 9.59 Å². The van der Waals surface area contributed by atoms with Crippen LogP contribution in [0.1, 0.15) is 54.9 Å². The summed E-state index contributed by atoms with van der Waals surface area (Å²) in [5.41, 5.74) is 2.31. The maximum Gasteiger partial charge on any atom is 0.251 e. The minimum atomic E-state index is -0.104. The summed E-state index contributed by atoms with van der Waals surface area (Å²) in [5.74, 6) is -0.123. The molecule has 1 aromatic rings. The van der Waals surface area contributed by atoms with Crippen LogP contribution in [0.5, 0.6) is 0 Å². The molecular weight excluding hydrogens is 252 g/mol. The van der Waals surface area contributed by atoms with E-state index >= 15 is 0 Å². The van der Waals surface area contributed by atoms with E-state index in [1.54, 1.807) is 12.1 Å². The number of rotatable bonds is 3. The Morgan fingerprint density at radius 1 is 1.15 bits per heavy atom. The number of benzene rings is 1. The van der Waals surface area contributed by atoms with Crippen LogP contribution in [0.2, 0.25) is 0 Å². The van der Waals surface area contributed by atoms with Crippen molar-refractivity contribution >= 4 is 17.5 Å². The van der Waals surface area contributed by atoms with Gasteiger partial charge in [0.05, 0.1) is 0 Å². The zero-order valence-corrected chi connectivity index (χ0v) is 12.2. The van der Waals surface area contributed by atoms with E-state index in [1.165, 1.54) is 26.2 Å². The molecule has 0 bridgehead atoms. The average Bonchev–Trinajstić information content (AvgIpc) is 2.41. The van der Waals surface area contributed by atoms with Crippen LogP contribution in [0.25, 0.3) is 0 Å². The monoisotopic (exact) mass is 274 g/mol. The van der Waals surface area contributed by atoms with Crippen LogP contribution in [0.3, 0.4) is 0 Å². The molecule has 1 aliphatic rings. The molecular formula is C16H22N2O2. The number of nitrogens with one attached hydrogen (secondary N) is 2. The van der Waals surface area contributed by atoms with Crippen molar-refractivity contribution in [1.82, 2.24) is 5.32 Å². The van der Waals surface area contributed by atoms with Crippen molar-refractivity contribution in [2.75, 3.05) is 5.32 Å². The first-order chi connectivity index (χ1) is 9.56. The molecule has 0 aromatic heterocycles. The van der Waals surface area contributed by atoms with Gasteiger partial charge in [0.1, 0.15) is 0 Å². The summed E-state index contributed by atoms with van der Waals surface area (Å²) in [6.07, 6.45) is 5.83. The molecule has 4 nitrogen and oxygen atoms in total. The van der Waals surface area contributed by atoms with Crippen LogP contribution < -0.4 is 10.6 Å². The molecule has 2 amide bonds. The van der Waals surface area contributed by atoms with E-state index in [2.05, 4.69) is 10.6 Å². The average molecular weight is 274 g/mol. The highest BCUT2D eigenvalue weighted by Gasteiger charge is 2.17. The van der Waals surface area contributed by atoms with Gasteiger partial charge in [0.15, 0.2) is 0 Å². The maximum absolute atomic E-state index is 12.2. The third-order valence-corrected chi connectivity index (χ3v) is 3.74. The van der Waals surface area contributed by atoms with Crippen molar-refractivity contribution in [3.8, 4) is 0 Å². The Bertz CT molecular complexity index is 505. The summed E-state index contributed by atoms with van der Waals surface area (Å²) < 4.78 is 0. The summed E-state index contributed by atoms with van der Waals surface area (Å²) in [6, 6.07) is 5.68. The Balaban J connectivity index is 2.02. The molecule has 0 radical (unpaired) electrons. The van der Waals surface area contributed by atoms with E-state index in [-0.39, 0.29) is 11.8 Å². The summed E-state index contributed by atoms with van der Waals surface area (Å²) in [5, 5.41) is 5.85. The second kappa shape index (κ2) is 6.55. The molecule has 0 saturated heterocycles. The van der Waals surface area contributed by atoms with Crippen LogP contribution >= 0.6 is 0 Å². The Kier molecular flexibility index (Phi) is 4.77. The van der Waals surface area contributed by atoms with Gasteiger partial charge in [-0.15, -0.1) is 0 Å². The van der Waals surface area contributed by atoms with Gasteiger partial charge in [-0.1, -0.05) is 19.3 Å². The molecule has 20 heavy (non-hydrogen) atoms. The van der Waals surface area contributed by atoms with Crippen molar-refractivity contribution in [2.45, 2.75) is 52.0 Å². The minimum Gasteiger partial charge on any atom is -0.349 e. The number of hydrogen-bond acceptors (Lipinski definition) is 2. The van der Waals surface area contributed by atoms with Crippen molar-refractivity contribution in [3.05, 3.63) is 29.3 Å². The van der Waals surface area contributed by atoms with Gasteiger partial charge in [0.25, 0.3) is 5.91 Å². The van der Waals surface area contributed by atoms with Crippen LogP contribution in [-0.4, -0.2) is 17.9 Å². The minimum absolute atomic E-state index is 0.0191. The summed E-state index contributed by atoms with van der Waals surface area (Å²) in [7, 11) is 0. The number of hydrogen-bond donors (Lipinski definition) is 2. The van der Waals surface area contributed by atoms with Gasteiger partial charge in [0, 0.05) is 24.2 Å². The highest BCUT2D eigenvalue weighted by Crippen LogP contribution is 2.19. The molecule has 108 valence electrons. The van der Waals surface area contributed by atoms with Gasteiger partial charge in [-0.2, -0.15) is 0 Å². The van der Waals surface area contributed by atoms with Gasteiger partial charge in [-0.05, 0) is 43.5 Å². The summed E-state index contributed by atoms with van der Waals surface area (Å²) in [4.78, 5) is 23.3. The van der Waals surface area contributed by atoms with Crippen LogP contribution in [0.15, 0.2) is 18.2 Å². The fourth-order valence-corrected chi connectivity index (χ4v) is 2.65. The lowest BCUT2D eigenvalue weighted by molar-refractivity contribution is -0.114. The SMILES string of the molecule is CC(=O)Nc1ccc(C(=O)NC2CCCCC2)cc1C. The van der Waals surface area contributed by atoms with E-state index < -0.39 is 0 Å². The topological polar surface area (TPSA) is 58.2 Å². The van der Waals surface area contributed by atoms with Crippen molar-refractivity contribution in [2.24, 2.45) is 0 Å². The molecule has 1 saturated carbocycles. The predicted octanol–water partition coefficient (Wildman–Crippen LogP) is 3.02. The highest BCUT2D eigenvalue weighted by molar-refractivity contribution is 5.96. The first kappa shape index (κ1) is 14.6. The predicted molar refractivity (Wildman–Crippen MR) is 79.8 cm³/mol. The smallest absolute Gasteiger partial charge is 0.251 e. The number of aryl methyl sites for hydroxylation is 1. The van der Waals surface area contributed by atoms with Crippen molar-refractivity contribution < 1.29 is 9.59 Å². The Hall–Kier alpha value is -1.84. The lowest BCUT2D eigenvalue weighted by Crippen LogP contribution is -2.36. The summed E-state index contributed by atoms with van der Waals surface area (Å²) >= 11 is 0. The van der Waals surface area contributed by atoms with Gasteiger partial charge in [-0.3, -0.25) is 9.59 Å². The van der Waals surface area contributed by atoms with Gasteiger partial charge in [-0.25, -0.2) is 0 Å². The Morgan fingerprint density at radius 2 is 1.85 bits per heavy atom. The van der Waals surface area contributed by atoms with Crippen LogP contribution in [0, 0.1) is 6.92 Å². The number of anilines is 1. The van der Waals surface area contributed by atoms with E-state index in [0.29, 0.717) is 11.6 Å².